The number of benzene rings is 1. The molecule has 0 aliphatic rings. The molecule has 0 fully saturated rings. The van der Waals surface area contributed by atoms with Crippen molar-refractivity contribution in [2.75, 3.05) is 18.9 Å². The van der Waals surface area contributed by atoms with Gasteiger partial charge in [-0.2, -0.15) is 0 Å². The lowest BCUT2D eigenvalue weighted by Gasteiger charge is -2.05. The molecule has 1 aromatic carbocycles. The van der Waals surface area contributed by atoms with Gasteiger partial charge in [-0.15, -0.1) is 0 Å². The lowest BCUT2D eigenvalue weighted by atomic mass is 10.3. The van der Waals surface area contributed by atoms with Crippen LogP contribution < -0.4 is 10.6 Å². The molecule has 0 radical (unpaired) electrons. The van der Waals surface area contributed by atoms with Crippen LogP contribution in [0.15, 0.2) is 22.7 Å². The molecule has 0 atom stereocenters. The largest absolute Gasteiger partial charge is 0.326 e. The first-order valence-corrected chi connectivity index (χ1v) is 5.70. The molecule has 3 nitrogen and oxygen atoms in total. The van der Waals surface area contributed by atoms with Gasteiger partial charge in [0.05, 0.1) is 5.02 Å². The maximum Gasteiger partial charge on any atom is 0.225 e. The van der Waals surface area contributed by atoms with Crippen LogP contribution in [0.1, 0.15) is 6.42 Å². The first-order chi connectivity index (χ1) is 7.13. The zero-order valence-electron chi connectivity index (χ0n) is 8.31. The van der Waals surface area contributed by atoms with E-state index in [1.54, 1.807) is 18.2 Å². The second-order valence-corrected chi connectivity index (χ2v) is 4.29. The maximum atomic E-state index is 11.4. The molecule has 0 saturated heterocycles. The standard InChI is InChI=1S/C10H12BrClN2O/c1-13-5-4-10(15)14-7-2-3-9(12)8(11)6-7/h2-3,6,13H,4-5H2,1H3,(H,14,15). The maximum absolute atomic E-state index is 11.4. The van der Waals surface area contributed by atoms with Gasteiger partial charge in [-0.25, -0.2) is 0 Å². The van der Waals surface area contributed by atoms with E-state index in [0.717, 1.165) is 10.2 Å². The van der Waals surface area contributed by atoms with Crippen molar-refractivity contribution in [2.45, 2.75) is 6.42 Å². The Labute approximate surface area is 102 Å². The second-order valence-electron chi connectivity index (χ2n) is 3.03. The van der Waals surface area contributed by atoms with E-state index in [1.807, 2.05) is 7.05 Å². The van der Waals surface area contributed by atoms with Gasteiger partial charge in [0.2, 0.25) is 5.91 Å². The van der Waals surface area contributed by atoms with E-state index in [0.29, 0.717) is 18.0 Å². The number of carbonyl (C=O) groups excluding carboxylic acids is 1. The van der Waals surface area contributed by atoms with Gasteiger partial charge in [0.1, 0.15) is 0 Å². The predicted molar refractivity (Wildman–Crippen MR) is 66.3 cm³/mol. The SMILES string of the molecule is CNCCC(=O)Nc1ccc(Cl)c(Br)c1. The van der Waals surface area contributed by atoms with Crippen LogP contribution in [0.5, 0.6) is 0 Å². The number of anilines is 1. The smallest absolute Gasteiger partial charge is 0.225 e. The summed E-state index contributed by atoms with van der Waals surface area (Å²) in [5.74, 6) is -0.0152. The van der Waals surface area contributed by atoms with Crippen LogP contribution in [0.25, 0.3) is 0 Å². The molecule has 0 bridgehead atoms. The van der Waals surface area contributed by atoms with E-state index in [2.05, 4.69) is 26.6 Å². The summed E-state index contributed by atoms with van der Waals surface area (Å²) in [5.41, 5.74) is 0.743. The van der Waals surface area contributed by atoms with Gasteiger partial charge in [0, 0.05) is 23.1 Å². The molecule has 5 heteroatoms. The lowest BCUT2D eigenvalue weighted by Crippen LogP contribution is -2.18. The predicted octanol–water partition coefficient (Wildman–Crippen LogP) is 2.65. The van der Waals surface area contributed by atoms with Gasteiger partial charge in [-0.05, 0) is 41.2 Å². The highest BCUT2D eigenvalue weighted by molar-refractivity contribution is 9.10. The van der Waals surface area contributed by atoms with E-state index in [9.17, 15) is 4.79 Å². The fourth-order valence-electron chi connectivity index (χ4n) is 1.04. The Balaban J connectivity index is 2.57. The summed E-state index contributed by atoms with van der Waals surface area (Å²) in [7, 11) is 1.81. The van der Waals surface area contributed by atoms with Crippen LogP contribution in [0.4, 0.5) is 5.69 Å². The van der Waals surface area contributed by atoms with Gasteiger partial charge in [-0.3, -0.25) is 4.79 Å². The summed E-state index contributed by atoms with van der Waals surface area (Å²) in [6.45, 7) is 0.667. The monoisotopic (exact) mass is 290 g/mol. The minimum absolute atomic E-state index is 0.0152. The minimum atomic E-state index is -0.0152. The van der Waals surface area contributed by atoms with Crippen LogP contribution in [0.2, 0.25) is 5.02 Å². The van der Waals surface area contributed by atoms with Crippen molar-refractivity contribution in [2.24, 2.45) is 0 Å². The average Bonchev–Trinajstić information content (AvgIpc) is 2.20. The van der Waals surface area contributed by atoms with Crippen molar-refractivity contribution in [1.82, 2.24) is 5.32 Å². The Morgan fingerprint density at radius 3 is 2.87 bits per heavy atom. The number of hydrogen-bond acceptors (Lipinski definition) is 2. The first kappa shape index (κ1) is 12.5. The number of halogens is 2. The van der Waals surface area contributed by atoms with Crippen LogP contribution >= 0.6 is 27.5 Å². The van der Waals surface area contributed by atoms with Crippen LogP contribution in [0, 0.1) is 0 Å². The molecule has 0 saturated carbocycles. The fraction of sp³-hybridized carbons (Fsp3) is 0.300. The number of hydrogen-bond donors (Lipinski definition) is 2. The van der Waals surface area contributed by atoms with Crippen molar-refractivity contribution in [3.63, 3.8) is 0 Å². The van der Waals surface area contributed by atoms with Crippen LogP contribution in [-0.2, 0) is 4.79 Å². The van der Waals surface area contributed by atoms with Crippen molar-refractivity contribution in [3.8, 4) is 0 Å². The summed E-state index contributed by atoms with van der Waals surface area (Å²) >= 11 is 9.12. The third kappa shape index (κ3) is 4.20. The second kappa shape index (κ2) is 6.10. The third-order valence-corrected chi connectivity index (χ3v) is 3.02. The zero-order valence-corrected chi connectivity index (χ0v) is 10.7. The Kier molecular flexibility index (Phi) is 5.08. The molecule has 1 amide bonds. The van der Waals surface area contributed by atoms with E-state index in [1.165, 1.54) is 0 Å². The van der Waals surface area contributed by atoms with Gasteiger partial charge < -0.3 is 10.6 Å². The number of carbonyl (C=O) groups is 1. The molecule has 0 heterocycles. The Morgan fingerprint density at radius 1 is 1.53 bits per heavy atom. The lowest BCUT2D eigenvalue weighted by molar-refractivity contribution is -0.116. The van der Waals surface area contributed by atoms with Gasteiger partial charge in [0.15, 0.2) is 0 Å². The molecule has 82 valence electrons. The van der Waals surface area contributed by atoms with Gasteiger partial charge in [-0.1, -0.05) is 11.6 Å². The third-order valence-electron chi connectivity index (χ3n) is 1.81. The Hall–Kier alpha value is -0.580. The molecule has 0 aliphatic heterocycles. The van der Waals surface area contributed by atoms with Crippen LogP contribution in [0.3, 0.4) is 0 Å². The topological polar surface area (TPSA) is 41.1 Å². The van der Waals surface area contributed by atoms with Gasteiger partial charge in [0.25, 0.3) is 0 Å². The Bertz CT molecular complexity index is 357. The molecule has 0 aromatic heterocycles. The summed E-state index contributed by atoms with van der Waals surface area (Å²) in [6, 6.07) is 5.28. The molecule has 2 N–H and O–H groups in total. The highest BCUT2D eigenvalue weighted by atomic mass is 79.9. The van der Waals surface area contributed by atoms with E-state index < -0.39 is 0 Å². The summed E-state index contributed by atoms with van der Waals surface area (Å²) in [5, 5.41) is 6.32. The van der Waals surface area contributed by atoms with E-state index >= 15 is 0 Å². The van der Waals surface area contributed by atoms with Gasteiger partial charge >= 0.3 is 0 Å². The first-order valence-electron chi connectivity index (χ1n) is 4.53. The summed E-state index contributed by atoms with van der Waals surface area (Å²) in [6.07, 6.45) is 0.455. The summed E-state index contributed by atoms with van der Waals surface area (Å²) in [4.78, 5) is 11.4. The molecular weight excluding hydrogens is 279 g/mol. The van der Waals surface area contributed by atoms with E-state index in [4.69, 9.17) is 11.6 Å². The number of rotatable bonds is 4. The highest BCUT2D eigenvalue weighted by Gasteiger charge is 2.03. The molecular formula is C10H12BrClN2O. The molecule has 1 rings (SSSR count). The van der Waals surface area contributed by atoms with Crippen LogP contribution in [-0.4, -0.2) is 19.5 Å². The molecule has 15 heavy (non-hydrogen) atoms. The molecule has 0 unspecified atom stereocenters. The van der Waals surface area contributed by atoms with Crippen molar-refractivity contribution >= 4 is 39.1 Å². The van der Waals surface area contributed by atoms with Crippen molar-refractivity contribution in [1.29, 1.82) is 0 Å². The van der Waals surface area contributed by atoms with Crippen molar-refractivity contribution in [3.05, 3.63) is 27.7 Å². The average molecular weight is 292 g/mol. The van der Waals surface area contributed by atoms with E-state index in [-0.39, 0.29) is 5.91 Å². The zero-order chi connectivity index (χ0) is 11.3. The fourth-order valence-corrected chi connectivity index (χ4v) is 1.53. The number of nitrogens with one attached hydrogen (secondary N) is 2. The quantitative estimate of drug-likeness (QED) is 0.895. The minimum Gasteiger partial charge on any atom is -0.326 e. The number of amides is 1. The molecule has 1 aromatic rings. The Morgan fingerprint density at radius 2 is 2.27 bits per heavy atom. The van der Waals surface area contributed by atoms with Crippen molar-refractivity contribution < 1.29 is 4.79 Å². The molecule has 0 spiro atoms. The molecule has 0 aliphatic carbocycles. The normalized spacial score (nSPS) is 10.1. The summed E-state index contributed by atoms with van der Waals surface area (Å²) < 4.78 is 0.774. The highest BCUT2D eigenvalue weighted by Crippen LogP contribution is 2.25.